The number of nitrogens with zero attached hydrogens (tertiary/aromatic N) is 2. The van der Waals surface area contributed by atoms with Gasteiger partial charge in [0.2, 0.25) is 5.78 Å². The molecule has 25 heavy (non-hydrogen) atoms. The molecular weight excluding hydrogens is 353 g/mol. The van der Waals surface area contributed by atoms with Gasteiger partial charge in [-0.2, -0.15) is 13.2 Å². The van der Waals surface area contributed by atoms with Crippen molar-refractivity contribution >= 4 is 23.4 Å². The maximum absolute atomic E-state index is 13.3. The first-order valence-electron chi connectivity index (χ1n) is 7.24. The van der Waals surface area contributed by atoms with Crippen molar-refractivity contribution in [3.8, 4) is 0 Å². The summed E-state index contributed by atoms with van der Waals surface area (Å²) in [7, 11) is 0. The third-order valence-corrected chi connectivity index (χ3v) is 4.48. The molecule has 0 saturated carbocycles. The molecular formula is C16H17F3N4OS. The predicted octanol–water partition coefficient (Wildman–Crippen LogP) is 3.14. The predicted molar refractivity (Wildman–Crippen MR) is 90.3 cm³/mol. The quantitative estimate of drug-likeness (QED) is 0.620. The molecule has 0 aliphatic heterocycles. The number of carbonyl (C=O) groups is 1. The summed E-state index contributed by atoms with van der Waals surface area (Å²) in [5.74, 6) is -0.649. The van der Waals surface area contributed by atoms with Crippen LogP contribution in [0.15, 0.2) is 35.5 Å². The molecule has 0 aliphatic carbocycles. The molecule has 2 aromatic heterocycles. The summed E-state index contributed by atoms with van der Waals surface area (Å²) in [5, 5.41) is 0.275. The second kappa shape index (κ2) is 7.01. The zero-order valence-corrected chi connectivity index (χ0v) is 14.4. The van der Waals surface area contributed by atoms with E-state index in [1.165, 1.54) is 36.2 Å². The van der Waals surface area contributed by atoms with E-state index in [2.05, 4.69) is 9.97 Å². The highest BCUT2D eigenvalue weighted by molar-refractivity contribution is 7.99. The summed E-state index contributed by atoms with van der Waals surface area (Å²) < 4.78 is 39.8. The number of ketones is 1. The minimum absolute atomic E-state index is 0.123. The Labute approximate surface area is 147 Å². The summed E-state index contributed by atoms with van der Waals surface area (Å²) in [6.45, 7) is 3.57. The summed E-state index contributed by atoms with van der Waals surface area (Å²) >= 11 is 1.18. The van der Waals surface area contributed by atoms with Crippen molar-refractivity contribution in [1.29, 1.82) is 0 Å². The summed E-state index contributed by atoms with van der Waals surface area (Å²) in [5.41, 5.74) is 9.01. The number of pyridine rings is 2. The third-order valence-electron chi connectivity index (χ3n) is 3.07. The highest BCUT2D eigenvalue weighted by Gasteiger charge is 2.37. The molecule has 0 fully saturated rings. The maximum Gasteiger partial charge on any atom is 0.418 e. The Bertz CT molecular complexity index is 788. The van der Waals surface area contributed by atoms with Crippen LogP contribution in [0.3, 0.4) is 0 Å². The van der Waals surface area contributed by atoms with Crippen molar-refractivity contribution in [3.63, 3.8) is 0 Å². The Morgan fingerprint density at radius 3 is 2.48 bits per heavy atom. The lowest BCUT2D eigenvalue weighted by atomic mass is 10.0. The van der Waals surface area contributed by atoms with Gasteiger partial charge < -0.3 is 11.5 Å². The first-order chi connectivity index (χ1) is 11.5. The molecule has 0 unspecified atom stereocenters. The zero-order chi connectivity index (χ0) is 18.8. The van der Waals surface area contributed by atoms with Crippen LogP contribution in [-0.2, 0) is 6.18 Å². The Morgan fingerprint density at radius 1 is 1.24 bits per heavy atom. The molecule has 0 atom stereocenters. The minimum Gasteiger partial charge on any atom is -0.383 e. The van der Waals surface area contributed by atoms with Crippen LogP contribution in [0.2, 0.25) is 0 Å². The smallest absolute Gasteiger partial charge is 0.383 e. The standard InChI is InChI=1S/C16H17F3N4OS/c1-15(2,21)8-25-11-6-5-10(16(17,18)19)12(23-11)13(24)9-4-3-7-22-14(9)20/h3-7H,8,21H2,1-2H3,(H2,20,22). The third kappa shape index (κ3) is 4.93. The van der Waals surface area contributed by atoms with Gasteiger partial charge in [0.25, 0.3) is 0 Å². The Kier molecular flexibility index (Phi) is 5.38. The maximum atomic E-state index is 13.3. The molecule has 2 aromatic rings. The van der Waals surface area contributed by atoms with Crippen LogP contribution in [0.5, 0.6) is 0 Å². The lowest BCUT2D eigenvalue weighted by Gasteiger charge is -2.18. The van der Waals surface area contributed by atoms with Crippen molar-refractivity contribution in [1.82, 2.24) is 9.97 Å². The normalized spacial score (nSPS) is 12.2. The number of halogens is 3. The first kappa shape index (κ1) is 19.2. The van der Waals surface area contributed by atoms with Gasteiger partial charge in [0.1, 0.15) is 11.5 Å². The number of hydrogen-bond donors (Lipinski definition) is 2. The number of anilines is 1. The van der Waals surface area contributed by atoms with E-state index in [-0.39, 0.29) is 16.4 Å². The molecule has 0 spiro atoms. The minimum atomic E-state index is -4.72. The number of alkyl halides is 3. The number of nitrogens with two attached hydrogens (primary N) is 2. The molecule has 2 rings (SSSR count). The summed E-state index contributed by atoms with van der Waals surface area (Å²) in [6.07, 6.45) is -3.37. The SMILES string of the molecule is CC(C)(N)CSc1ccc(C(F)(F)F)c(C(=O)c2cccnc2N)n1. The number of aromatic nitrogens is 2. The van der Waals surface area contributed by atoms with Crippen molar-refractivity contribution in [2.45, 2.75) is 30.6 Å². The van der Waals surface area contributed by atoms with Gasteiger partial charge in [-0.25, -0.2) is 9.97 Å². The van der Waals surface area contributed by atoms with Gasteiger partial charge in [-0.3, -0.25) is 4.79 Å². The number of nitrogen functional groups attached to an aromatic ring is 1. The largest absolute Gasteiger partial charge is 0.418 e. The molecule has 0 bridgehead atoms. The van der Waals surface area contributed by atoms with E-state index in [4.69, 9.17) is 11.5 Å². The van der Waals surface area contributed by atoms with E-state index in [0.717, 1.165) is 6.07 Å². The van der Waals surface area contributed by atoms with E-state index in [1.54, 1.807) is 13.8 Å². The fraction of sp³-hybridized carbons (Fsp3) is 0.312. The molecule has 0 radical (unpaired) electrons. The van der Waals surface area contributed by atoms with Gasteiger partial charge in [0.15, 0.2) is 0 Å². The second-order valence-corrected chi connectivity index (χ2v) is 7.08. The van der Waals surface area contributed by atoms with Crippen molar-refractivity contribution < 1.29 is 18.0 Å². The monoisotopic (exact) mass is 370 g/mol. The molecule has 9 heteroatoms. The Morgan fingerprint density at radius 2 is 1.92 bits per heavy atom. The molecule has 134 valence electrons. The molecule has 5 nitrogen and oxygen atoms in total. The summed E-state index contributed by atoms with van der Waals surface area (Å²) in [6, 6.07) is 4.81. The van der Waals surface area contributed by atoms with E-state index in [0.29, 0.717) is 5.75 Å². The van der Waals surface area contributed by atoms with Crippen LogP contribution >= 0.6 is 11.8 Å². The Balaban J connectivity index is 2.49. The van der Waals surface area contributed by atoms with E-state index in [9.17, 15) is 18.0 Å². The zero-order valence-electron chi connectivity index (χ0n) is 13.6. The summed E-state index contributed by atoms with van der Waals surface area (Å²) in [4.78, 5) is 20.2. The molecule has 4 N–H and O–H groups in total. The Hall–Kier alpha value is -2.13. The van der Waals surface area contributed by atoms with Crippen LogP contribution in [-0.4, -0.2) is 27.0 Å². The molecule has 0 aromatic carbocycles. The van der Waals surface area contributed by atoms with Crippen molar-refractivity contribution in [3.05, 3.63) is 47.3 Å². The van der Waals surface area contributed by atoms with Crippen LogP contribution in [0.4, 0.5) is 19.0 Å². The molecule has 0 aliphatic rings. The highest BCUT2D eigenvalue weighted by atomic mass is 32.2. The van der Waals surface area contributed by atoms with E-state index < -0.39 is 28.8 Å². The van der Waals surface area contributed by atoms with Crippen LogP contribution < -0.4 is 11.5 Å². The number of thioether (sulfide) groups is 1. The van der Waals surface area contributed by atoms with Crippen molar-refractivity contribution in [2.24, 2.45) is 5.73 Å². The van der Waals surface area contributed by atoms with E-state index >= 15 is 0 Å². The van der Waals surface area contributed by atoms with Crippen molar-refractivity contribution in [2.75, 3.05) is 11.5 Å². The number of rotatable bonds is 5. The van der Waals surface area contributed by atoms with Gasteiger partial charge in [-0.1, -0.05) is 0 Å². The second-order valence-electron chi connectivity index (χ2n) is 6.09. The average Bonchev–Trinajstić information content (AvgIpc) is 2.51. The van der Waals surface area contributed by atoms with Gasteiger partial charge in [0.05, 0.1) is 16.2 Å². The van der Waals surface area contributed by atoms with Gasteiger partial charge in [0, 0.05) is 17.5 Å². The first-order valence-corrected chi connectivity index (χ1v) is 8.23. The molecule has 0 saturated heterocycles. The number of carbonyl (C=O) groups excluding carboxylic acids is 1. The molecule has 0 amide bonds. The fourth-order valence-corrected chi connectivity index (χ4v) is 2.76. The average molecular weight is 370 g/mol. The highest BCUT2D eigenvalue weighted by Crippen LogP contribution is 2.34. The molecule has 2 heterocycles. The van der Waals surface area contributed by atoms with Gasteiger partial charge >= 0.3 is 6.18 Å². The van der Waals surface area contributed by atoms with Gasteiger partial charge in [-0.15, -0.1) is 11.8 Å². The van der Waals surface area contributed by atoms with Crippen LogP contribution in [0.25, 0.3) is 0 Å². The van der Waals surface area contributed by atoms with Crippen LogP contribution in [0, 0.1) is 0 Å². The number of hydrogen-bond acceptors (Lipinski definition) is 6. The lowest BCUT2D eigenvalue weighted by molar-refractivity contribution is -0.138. The van der Waals surface area contributed by atoms with Gasteiger partial charge in [-0.05, 0) is 38.1 Å². The topological polar surface area (TPSA) is 94.9 Å². The van der Waals surface area contributed by atoms with Crippen LogP contribution in [0.1, 0.15) is 35.5 Å². The lowest BCUT2D eigenvalue weighted by Crippen LogP contribution is -2.34. The fourth-order valence-electron chi connectivity index (χ4n) is 1.92. The van der Waals surface area contributed by atoms with E-state index in [1.807, 2.05) is 0 Å².